The number of nitrogens with one attached hydrogen (secondary N) is 1. The molecule has 29 heavy (non-hydrogen) atoms. The summed E-state index contributed by atoms with van der Waals surface area (Å²) >= 11 is 0. The van der Waals surface area contributed by atoms with E-state index < -0.39 is 12.4 Å². The molecule has 0 aromatic heterocycles. The molecule has 0 radical (unpaired) electrons. The molecule has 0 spiro atoms. The minimum absolute atomic E-state index is 0.0474. The summed E-state index contributed by atoms with van der Waals surface area (Å²) in [6, 6.07) is 1.00. The molecule has 0 aromatic rings. The third-order valence-electron chi connectivity index (χ3n) is 7.77. The molecule has 2 N–H and O–H groups in total. The molecule has 0 bridgehead atoms. The van der Waals surface area contributed by atoms with E-state index in [1.54, 1.807) is 0 Å². The molecular weight excluding hydrogens is 371 g/mol. The second-order valence-corrected chi connectivity index (χ2v) is 9.96. The maximum Gasteiger partial charge on any atom is 0.133 e. The molecular formula is C22H41FN4O2. The second kappa shape index (κ2) is 9.88. The van der Waals surface area contributed by atoms with Gasteiger partial charge in [-0.15, -0.1) is 0 Å². The van der Waals surface area contributed by atoms with Crippen LogP contribution in [0.2, 0.25) is 0 Å². The van der Waals surface area contributed by atoms with Crippen LogP contribution in [0.3, 0.4) is 0 Å². The van der Waals surface area contributed by atoms with Crippen molar-refractivity contribution in [2.75, 3.05) is 53.4 Å². The van der Waals surface area contributed by atoms with E-state index in [2.05, 4.69) is 15.1 Å². The van der Waals surface area contributed by atoms with Crippen LogP contribution in [-0.4, -0.2) is 110 Å². The number of ether oxygens (including phenoxy) is 1. The predicted octanol–water partition coefficient (Wildman–Crippen LogP) is 1.29. The first-order valence-corrected chi connectivity index (χ1v) is 11.8. The van der Waals surface area contributed by atoms with Gasteiger partial charge in [-0.05, 0) is 65.1 Å². The van der Waals surface area contributed by atoms with Gasteiger partial charge in [-0.1, -0.05) is 6.42 Å². The third-order valence-corrected chi connectivity index (χ3v) is 7.77. The van der Waals surface area contributed by atoms with Gasteiger partial charge in [0.05, 0.1) is 12.2 Å². The highest BCUT2D eigenvalue weighted by Gasteiger charge is 2.46. The second-order valence-electron chi connectivity index (χ2n) is 9.96. The van der Waals surface area contributed by atoms with E-state index in [0.29, 0.717) is 24.5 Å². The Morgan fingerprint density at radius 2 is 1.93 bits per heavy atom. The standard InChI is InChI=1S/C22H41FN4O2/c1-25(2)22(28)20-14-16-4-3-5-19(21(16)29-20)27-12-10-26(11-13-27)9-8-18-7-6-17(23)15-24-18/h16-22,24,28H,3-15H2,1-2H3/t16?,17?,18?,19?,20?,21-,22?/m1/s1. The molecule has 168 valence electrons. The molecule has 3 heterocycles. The Labute approximate surface area is 175 Å². The van der Waals surface area contributed by atoms with E-state index in [0.717, 1.165) is 58.4 Å². The zero-order valence-corrected chi connectivity index (χ0v) is 18.3. The number of alkyl halides is 1. The smallest absolute Gasteiger partial charge is 0.133 e. The Kier molecular flexibility index (Phi) is 7.46. The molecule has 7 atom stereocenters. The van der Waals surface area contributed by atoms with Crippen LogP contribution in [0.5, 0.6) is 0 Å². The van der Waals surface area contributed by atoms with Gasteiger partial charge in [-0.3, -0.25) is 9.80 Å². The molecule has 3 aliphatic heterocycles. The maximum absolute atomic E-state index is 13.3. The topological polar surface area (TPSA) is 51.2 Å². The van der Waals surface area contributed by atoms with Crippen LogP contribution < -0.4 is 5.32 Å². The number of fused-ring (bicyclic) bond motifs is 1. The lowest BCUT2D eigenvalue weighted by Crippen LogP contribution is -2.56. The number of piperidine rings is 1. The Hall–Kier alpha value is -0.310. The van der Waals surface area contributed by atoms with E-state index in [9.17, 15) is 9.50 Å². The third kappa shape index (κ3) is 5.31. The fourth-order valence-corrected chi connectivity index (χ4v) is 5.94. The summed E-state index contributed by atoms with van der Waals surface area (Å²) in [7, 11) is 3.84. The number of nitrogens with zero attached hydrogens (tertiary/aromatic N) is 3. The van der Waals surface area contributed by atoms with Gasteiger partial charge >= 0.3 is 0 Å². The van der Waals surface area contributed by atoms with E-state index in [1.165, 1.54) is 19.3 Å². The van der Waals surface area contributed by atoms with Gasteiger partial charge in [-0.2, -0.15) is 0 Å². The fraction of sp³-hybridized carbons (Fsp3) is 1.00. The van der Waals surface area contributed by atoms with Gasteiger partial charge in [-0.25, -0.2) is 4.39 Å². The van der Waals surface area contributed by atoms with Crippen LogP contribution >= 0.6 is 0 Å². The number of aliphatic hydroxyl groups is 1. The molecule has 3 saturated heterocycles. The van der Waals surface area contributed by atoms with E-state index in [1.807, 2.05) is 19.0 Å². The van der Waals surface area contributed by atoms with Gasteiger partial charge in [0.15, 0.2) is 0 Å². The van der Waals surface area contributed by atoms with Gasteiger partial charge in [0.25, 0.3) is 0 Å². The van der Waals surface area contributed by atoms with Crippen LogP contribution in [0, 0.1) is 5.92 Å². The minimum atomic E-state index is -0.648. The number of aliphatic hydroxyl groups excluding tert-OH is 1. The Morgan fingerprint density at radius 3 is 2.62 bits per heavy atom. The van der Waals surface area contributed by atoms with Crippen molar-refractivity contribution in [3.05, 3.63) is 0 Å². The van der Waals surface area contributed by atoms with Gasteiger partial charge < -0.3 is 20.1 Å². The minimum Gasteiger partial charge on any atom is -0.376 e. The average Bonchev–Trinajstić information content (AvgIpc) is 3.17. The lowest BCUT2D eigenvalue weighted by Gasteiger charge is -2.44. The number of halogens is 1. The van der Waals surface area contributed by atoms with Gasteiger partial charge in [0.1, 0.15) is 12.4 Å². The van der Waals surface area contributed by atoms with Crippen molar-refractivity contribution in [2.24, 2.45) is 5.92 Å². The van der Waals surface area contributed by atoms with Crippen molar-refractivity contribution in [1.29, 1.82) is 0 Å². The molecule has 4 rings (SSSR count). The Balaban J connectivity index is 1.23. The Bertz CT molecular complexity index is 509. The first-order valence-electron chi connectivity index (χ1n) is 11.8. The highest BCUT2D eigenvalue weighted by molar-refractivity contribution is 4.97. The van der Waals surface area contributed by atoms with Crippen LogP contribution in [0.15, 0.2) is 0 Å². The van der Waals surface area contributed by atoms with Crippen LogP contribution in [0.25, 0.3) is 0 Å². The largest absolute Gasteiger partial charge is 0.376 e. The first kappa shape index (κ1) is 21.9. The number of piperazine rings is 1. The summed E-state index contributed by atoms with van der Waals surface area (Å²) in [5.41, 5.74) is 0. The summed E-state index contributed by atoms with van der Waals surface area (Å²) in [5, 5.41) is 13.8. The average molecular weight is 413 g/mol. The molecule has 4 fully saturated rings. The van der Waals surface area contributed by atoms with E-state index in [-0.39, 0.29) is 12.2 Å². The number of rotatable bonds is 6. The summed E-state index contributed by atoms with van der Waals surface area (Å²) in [4.78, 5) is 7.10. The molecule has 0 aromatic carbocycles. The summed E-state index contributed by atoms with van der Waals surface area (Å²) in [5.74, 6) is 0.600. The zero-order valence-electron chi connectivity index (χ0n) is 18.3. The number of hydrogen-bond donors (Lipinski definition) is 2. The highest BCUT2D eigenvalue weighted by Crippen LogP contribution is 2.40. The van der Waals surface area contributed by atoms with Crippen molar-refractivity contribution in [1.82, 2.24) is 20.0 Å². The molecule has 6 nitrogen and oxygen atoms in total. The molecule has 1 aliphatic carbocycles. The monoisotopic (exact) mass is 412 g/mol. The van der Waals surface area contributed by atoms with Crippen LogP contribution in [0.4, 0.5) is 4.39 Å². The van der Waals surface area contributed by atoms with Gasteiger partial charge in [0, 0.05) is 44.8 Å². The maximum atomic E-state index is 13.3. The fourth-order valence-electron chi connectivity index (χ4n) is 5.94. The van der Waals surface area contributed by atoms with Crippen LogP contribution in [-0.2, 0) is 4.74 Å². The van der Waals surface area contributed by atoms with Gasteiger partial charge in [0.2, 0.25) is 0 Å². The number of hydrogen-bond acceptors (Lipinski definition) is 6. The summed E-state index contributed by atoms with van der Waals surface area (Å²) in [6.45, 7) is 6.12. The van der Waals surface area contributed by atoms with Crippen molar-refractivity contribution in [3.63, 3.8) is 0 Å². The quantitative estimate of drug-likeness (QED) is 0.642. The summed E-state index contributed by atoms with van der Waals surface area (Å²) in [6.07, 6.45) is 6.66. The van der Waals surface area contributed by atoms with Crippen molar-refractivity contribution >= 4 is 0 Å². The first-order chi connectivity index (χ1) is 14.0. The summed E-state index contributed by atoms with van der Waals surface area (Å²) < 4.78 is 19.7. The highest BCUT2D eigenvalue weighted by atomic mass is 19.1. The number of likely N-dealkylation sites (N-methyl/N-ethyl adjacent to an activating group) is 1. The van der Waals surface area contributed by atoms with Crippen molar-refractivity contribution in [2.45, 2.75) is 81.6 Å². The predicted molar refractivity (Wildman–Crippen MR) is 113 cm³/mol. The SMILES string of the molecule is CN(C)C(O)C1CC2CCCC(N3CCN(CCC4CCC(F)CN4)CC3)[C@@H]2O1. The van der Waals surface area contributed by atoms with Crippen molar-refractivity contribution in [3.8, 4) is 0 Å². The molecule has 0 amide bonds. The Morgan fingerprint density at radius 1 is 1.14 bits per heavy atom. The molecule has 4 aliphatic rings. The van der Waals surface area contributed by atoms with Crippen molar-refractivity contribution < 1.29 is 14.2 Å². The molecule has 7 heteroatoms. The molecule has 1 saturated carbocycles. The lowest BCUT2D eigenvalue weighted by molar-refractivity contribution is -0.115. The van der Waals surface area contributed by atoms with E-state index in [4.69, 9.17) is 4.74 Å². The van der Waals surface area contributed by atoms with E-state index >= 15 is 0 Å². The molecule has 6 unspecified atom stereocenters. The zero-order chi connectivity index (χ0) is 20.4. The lowest BCUT2D eigenvalue weighted by atomic mass is 9.81. The normalized spacial score (nSPS) is 40.9. The van der Waals surface area contributed by atoms with Crippen LogP contribution in [0.1, 0.15) is 44.9 Å².